The van der Waals surface area contributed by atoms with E-state index in [1.165, 1.54) is 41.3 Å². The third kappa shape index (κ3) is 6.90. The van der Waals surface area contributed by atoms with Crippen LogP contribution in [-0.2, 0) is 16.1 Å². The second-order valence-corrected chi connectivity index (χ2v) is 8.59. The highest BCUT2D eigenvalue weighted by molar-refractivity contribution is 5.95. The van der Waals surface area contributed by atoms with Gasteiger partial charge in [-0.3, -0.25) is 34.2 Å². The van der Waals surface area contributed by atoms with Crippen molar-refractivity contribution in [2.45, 2.75) is 58.9 Å². The van der Waals surface area contributed by atoms with E-state index >= 15 is 0 Å². The predicted octanol–water partition coefficient (Wildman–Crippen LogP) is 1.91. The van der Waals surface area contributed by atoms with Crippen LogP contribution in [0.2, 0.25) is 0 Å². The number of amides is 2. The summed E-state index contributed by atoms with van der Waals surface area (Å²) in [5.74, 6) is -0.639. The van der Waals surface area contributed by atoms with E-state index in [1.54, 1.807) is 19.1 Å². The van der Waals surface area contributed by atoms with Gasteiger partial charge in [0.25, 0.3) is 11.5 Å². The number of aromatic amines is 1. The van der Waals surface area contributed by atoms with Crippen LogP contribution in [0.25, 0.3) is 0 Å². The fourth-order valence-corrected chi connectivity index (χ4v) is 4.01. The molecule has 1 aliphatic carbocycles. The van der Waals surface area contributed by atoms with Crippen molar-refractivity contribution in [3.8, 4) is 5.75 Å². The van der Waals surface area contributed by atoms with Crippen molar-refractivity contribution in [3.05, 3.63) is 62.4 Å². The zero-order valence-electron chi connectivity index (χ0n) is 19.5. The van der Waals surface area contributed by atoms with Gasteiger partial charge in [0, 0.05) is 43.8 Å². The lowest BCUT2D eigenvalue weighted by Crippen LogP contribution is -2.49. The molecule has 0 unspecified atom stereocenters. The van der Waals surface area contributed by atoms with E-state index < -0.39 is 23.1 Å². The fraction of sp³-hybridized carbons (Fsp3) is 0.458. The molecule has 1 aromatic heterocycles. The van der Waals surface area contributed by atoms with Crippen LogP contribution in [0.15, 0.2) is 40.1 Å². The summed E-state index contributed by atoms with van der Waals surface area (Å²) in [6, 6.07) is 6.15. The molecule has 0 aliphatic heterocycles. The second-order valence-electron chi connectivity index (χ2n) is 8.59. The summed E-state index contributed by atoms with van der Waals surface area (Å²) in [4.78, 5) is 62.7. The van der Waals surface area contributed by atoms with Gasteiger partial charge in [-0.1, -0.05) is 19.3 Å². The van der Waals surface area contributed by atoms with Gasteiger partial charge in [0.15, 0.2) is 0 Å². The molecule has 1 heterocycles. The first-order valence-electron chi connectivity index (χ1n) is 11.4. The third-order valence-electron chi connectivity index (χ3n) is 5.80. The molecule has 1 saturated carbocycles. The van der Waals surface area contributed by atoms with Crippen molar-refractivity contribution in [2.24, 2.45) is 5.92 Å². The first kappa shape index (κ1) is 24.9. The van der Waals surface area contributed by atoms with Gasteiger partial charge in [-0.25, -0.2) is 9.80 Å². The molecule has 3 rings (SSSR count). The van der Waals surface area contributed by atoms with Crippen LogP contribution >= 0.6 is 0 Å². The molecule has 182 valence electrons. The van der Waals surface area contributed by atoms with Crippen molar-refractivity contribution in [1.82, 2.24) is 20.0 Å². The number of ether oxygens (including phenoxy) is 1. The molecular formula is C24H30N4O6. The first-order valence-corrected chi connectivity index (χ1v) is 11.4. The van der Waals surface area contributed by atoms with Gasteiger partial charge in [-0.2, -0.15) is 0 Å². The Morgan fingerprint density at radius 3 is 2.44 bits per heavy atom. The first-order chi connectivity index (χ1) is 16.2. The second kappa shape index (κ2) is 11.4. The number of aromatic nitrogens is 2. The Kier molecular flexibility index (Phi) is 8.39. The van der Waals surface area contributed by atoms with Crippen LogP contribution in [0.3, 0.4) is 0 Å². The Morgan fingerprint density at radius 2 is 1.79 bits per heavy atom. The van der Waals surface area contributed by atoms with Crippen molar-refractivity contribution in [1.29, 1.82) is 0 Å². The lowest BCUT2D eigenvalue weighted by Gasteiger charge is -2.30. The zero-order valence-corrected chi connectivity index (χ0v) is 19.5. The number of aryl methyl sites for hydroxylation is 2. The molecule has 2 aromatic rings. The molecule has 1 aliphatic rings. The zero-order chi connectivity index (χ0) is 24.7. The van der Waals surface area contributed by atoms with Crippen LogP contribution in [0, 0.1) is 12.8 Å². The summed E-state index contributed by atoms with van der Waals surface area (Å²) < 4.78 is 6.27. The molecule has 2 N–H and O–H groups in total. The number of carbonyl (C=O) groups is 3. The van der Waals surface area contributed by atoms with Gasteiger partial charge in [0.05, 0.1) is 0 Å². The van der Waals surface area contributed by atoms with E-state index in [-0.39, 0.29) is 24.8 Å². The molecule has 34 heavy (non-hydrogen) atoms. The maximum absolute atomic E-state index is 13.2. The van der Waals surface area contributed by atoms with E-state index in [0.717, 1.165) is 25.7 Å². The SMILES string of the molecule is CC(=O)Oc1ccc(C(=O)N(CC2CCCCC2)NC(=O)CCn2cc(C)c(=O)[nH]c2=O)cc1. The molecule has 0 radical (unpaired) electrons. The number of carbonyl (C=O) groups excluding carboxylic acids is 3. The normalized spacial score (nSPS) is 13.8. The summed E-state index contributed by atoms with van der Waals surface area (Å²) in [5.41, 5.74) is 2.36. The molecular weight excluding hydrogens is 440 g/mol. The Bertz CT molecular complexity index is 1150. The molecule has 0 bridgehead atoms. The maximum atomic E-state index is 13.2. The summed E-state index contributed by atoms with van der Waals surface area (Å²) in [7, 11) is 0. The molecule has 0 spiro atoms. The summed E-state index contributed by atoms with van der Waals surface area (Å²) >= 11 is 0. The average molecular weight is 471 g/mol. The summed E-state index contributed by atoms with van der Waals surface area (Å²) in [5, 5.41) is 1.33. The van der Waals surface area contributed by atoms with Crippen LogP contribution in [0.1, 0.15) is 61.4 Å². The fourth-order valence-electron chi connectivity index (χ4n) is 4.01. The van der Waals surface area contributed by atoms with Gasteiger partial charge in [-0.05, 0) is 49.9 Å². The number of nitrogens with zero attached hydrogens (tertiary/aromatic N) is 2. The van der Waals surface area contributed by atoms with Gasteiger partial charge < -0.3 is 4.74 Å². The Balaban J connectivity index is 1.70. The van der Waals surface area contributed by atoms with Crippen LogP contribution in [0.5, 0.6) is 5.75 Å². The number of H-pyrrole nitrogens is 1. The van der Waals surface area contributed by atoms with E-state index in [2.05, 4.69) is 10.4 Å². The number of hydrazine groups is 1. The Hall–Kier alpha value is -3.69. The van der Waals surface area contributed by atoms with Gasteiger partial charge in [0.1, 0.15) is 5.75 Å². The predicted molar refractivity (Wildman–Crippen MR) is 124 cm³/mol. The van der Waals surface area contributed by atoms with Crippen molar-refractivity contribution in [3.63, 3.8) is 0 Å². The van der Waals surface area contributed by atoms with Crippen molar-refractivity contribution in [2.75, 3.05) is 6.54 Å². The highest BCUT2D eigenvalue weighted by Gasteiger charge is 2.24. The minimum atomic E-state index is -0.591. The quantitative estimate of drug-likeness (QED) is 0.361. The van der Waals surface area contributed by atoms with Crippen LogP contribution in [0.4, 0.5) is 0 Å². The smallest absolute Gasteiger partial charge is 0.328 e. The van der Waals surface area contributed by atoms with E-state index in [1.807, 2.05) is 0 Å². The van der Waals surface area contributed by atoms with E-state index in [4.69, 9.17) is 4.74 Å². The number of hydrogen-bond acceptors (Lipinski definition) is 6. The topological polar surface area (TPSA) is 131 Å². The van der Waals surface area contributed by atoms with Gasteiger partial charge in [0.2, 0.25) is 5.91 Å². The highest BCUT2D eigenvalue weighted by atomic mass is 16.5. The molecule has 2 amide bonds. The van der Waals surface area contributed by atoms with E-state index in [9.17, 15) is 24.0 Å². The number of benzene rings is 1. The van der Waals surface area contributed by atoms with Gasteiger partial charge >= 0.3 is 11.7 Å². The Labute approximate surface area is 196 Å². The molecule has 0 saturated heterocycles. The minimum absolute atomic E-state index is 0.0504. The maximum Gasteiger partial charge on any atom is 0.328 e. The average Bonchev–Trinajstić information content (AvgIpc) is 2.80. The molecule has 0 atom stereocenters. The van der Waals surface area contributed by atoms with Crippen LogP contribution < -0.4 is 21.4 Å². The summed E-state index contributed by atoms with van der Waals surface area (Å²) in [6.45, 7) is 3.31. The molecule has 10 heteroatoms. The standard InChI is InChI=1S/C24H30N4O6/c1-16-14-27(24(33)25-22(16)31)13-12-21(30)26-28(15-18-6-4-3-5-7-18)23(32)19-8-10-20(11-9-19)34-17(2)29/h8-11,14,18H,3-7,12-13,15H2,1-2H3,(H,26,30)(H,25,31,33). The summed E-state index contributed by atoms with van der Waals surface area (Å²) in [6.07, 6.45) is 6.67. The number of nitrogens with one attached hydrogen (secondary N) is 2. The molecule has 10 nitrogen and oxygen atoms in total. The van der Waals surface area contributed by atoms with Crippen molar-refractivity contribution < 1.29 is 19.1 Å². The minimum Gasteiger partial charge on any atom is -0.427 e. The largest absolute Gasteiger partial charge is 0.427 e. The lowest BCUT2D eigenvalue weighted by atomic mass is 9.89. The lowest BCUT2D eigenvalue weighted by molar-refractivity contribution is -0.132. The van der Waals surface area contributed by atoms with Crippen LogP contribution in [-0.4, -0.2) is 38.9 Å². The third-order valence-corrected chi connectivity index (χ3v) is 5.80. The monoisotopic (exact) mass is 470 g/mol. The van der Waals surface area contributed by atoms with E-state index in [0.29, 0.717) is 23.4 Å². The highest BCUT2D eigenvalue weighted by Crippen LogP contribution is 2.24. The Morgan fingerprint density at radius 1 is 1.12 bits per heavy atom. The number of rotatable bonds is 7. The number of esters is 1. The number of hydrogen-bond donors (Lipinski definition) is 2. The molecule has 1 aromatic carbocycles. The van der Waals surface area contributed by atoms with Gasteiger partial charge in [-0.15, -0.1) is 0 Å². The molecule has 1 fully saturated rings. The van der Waals surface area contributed by atoms with Crippen molar-refractivity contribution >= 4 is 17.8 Å².